The van der Waals surface area contributed by atoms with Crippen LogP contribution in [0.2, 0.25) is 0 Å². The lowest BCUT2D eigenvalue weighted by atomic mass is 9.54. The van der Waals surface area contributed by atoms with E-state index in [2.05, 4.69) is 0 Å². The summed E-state index contributed by atoms with van der Waals surface area (Å²) in [7, 11) is 3.08. The van der Waals surface area contributed by atoms with Crippen LogP contribution in [0, 0.1) is 11.8 Å². The number of benzene rings is 1. The molecule has 2 saturated carbocycles. The summed E-state index contributed by atoms with van der Waals surface area (Å²) in [6.45, 7) is 2.63. The Balaban J connectivity index is 1.80. The van der Waals surface area contributed by atoms with Gasteiger partial charge in [0.2, 0.25) is 5.78 Å². The third kappa shape index (κ3) is 4.48. The van der Waals surface area contributed by atoms with Crippen molar-refractivity contribution in [2.45, 2.75) is 74.9 Å². The predicted molar refractivity (Wildman–Crippen MR) is 155 cm³/mol. The summed E-state index contributed by atoms with van der Waals surface area (Å²) < 4.78 is 6.00. The summed E-state index contributed by atoms with van der Waals surface area (Å²) >= 11 is 1.70. The number of rotatable bonds is 7. The zero-order valence-corrected chi connectivity index (χ0v) is 24.9. The molecule has 0 aliphatic heterocycles. The van der Waals surface area contributed by atoms with E-state index in [-0.39, 0.29) is 23.3 Å². The Hall–Kier alpha value is -3.15. The van der Waals surface area contributed by atoms with E-state index in [0.717, 1.165) is 32.6 Å². The van der Waals surface area contributed by atoms with Gasteiger partial charge in [-0.15, -0.1) is 0 Å². The van der Waals surface area contributed by atoms with E-state index < -0.39 is 75.9 Å². The maximum absolute atomic E-state index is 14.5. The van der Waals surface area contributed by atoms with Crippen molar-refractivity contribution in [3.8, 4) is 5.75 Å². The van der Waals surface area contributed by atoms with Crippen LogP contribution in [0.4, 0.5) is 0 Å². The number of aromatic hydroxyl groups is 1. The van der Waals surface area contributed by atoms with Gasteiger partial charge in [-0.05, 0) is 45.5 Å². The third-order valence-electron chi connectivity index (χ3n) is 9.25. The number of hydrogen-bond acceptors (Lipinski definition) is 11. The number of nitrogens with zero attached hydrogens (tertiary/aromatic N) is 1. The second kappa shape index (κ2) is 11.2. The van der Waals surface area contributed by atoms with Crippen molar-refractivity contribution in [3.63, 3.8) is 0 Å². The fraction of sp³-hybridized carbons (Fsp3) is 0.548. The van der Waals surface area contributed by atoms with E-state index in [4.69, 9.17) is 4.74 Å². The third-order valence-corrected chi connectivity index (χ3v) is 10.7. The number of esters is 1. The SMILES string of the molecule is CCC(=O)O[C@H]1C2C(=C(O)c3c(O)cccc3[C@@H]2CSC2CCCC2)C(=O)[C@]2(O)C(O)=C(C(C)=O)C(=O)[C@@H](N(C)C)C12. The number of hydrogen-bond donors (Lipinski definition) is 4. The Morgan fingerprint density at radius 2 is 1.79 bits per heavy atom. The number of aliphatic hydroxyl groups is 3. The van der Waals surface area contributed by atoms with E-state index in [1.54, 1.807) is 30.8 Å². The van der Waals surface area contributed by atoms with Gasteiger partial charge in [0.1, 0.15) is 28.9 Å². The van der Waals surface area contributed by atoms with Gasteiger partial charge in [-0.2, -0.15) is 11.8 Å². The van der Waals surface area contributed by atoms with Gasteiger partial charge in [-0.25, -0.2) is 0 Å². The van der Waals surface area contributed by atoms with Crippen molar-refractivity contribution in [2.24, 2.45) is 11.8 Å². The van der Waals surface area contributed by atoms with E-state index in [1.807, 2.05) is 0 Å². The van der Waals surface area contributed by atoms with Gasteiger partial charge in [0.05, 0.1) is 17.5 Å². The molecule has 0 amide bonds. The highest BCUT2D eigenvalue weighted by molar-refractivity contribution is 7.99. The molecule has 1 aromatic rings. The molecule has 5 rings (SSSR count). The van der Waals surface area contributed by atoms with Crippen molar-refractivity contribution in [1.82, 2.24) is 4.90 Å². The molecule has 1 aromatic carbocycles. The first-order chi connectivity index (χ1) is 19.9. The lowest BCUT2D eigenvalue weighted by molar-refractivity contribution is -0.185. The summed E-state index contributed by atoms with van der Waals surface area (Å²) in [5.41, 5.74) is -3.31. The molecule has 6 atom stereocenters. The maximum Gasteiger partial charge on any atom is 0.305 e. The zero-order chi connectivity index (χ0) is 30.7. The van der Waals surface area contributed by atoms with E-state index in [0.29, 0.717) is 16.6 Å². The largest absolute Gasteiger partial charge is 0.508 e. The van der Waals surface area contributed by atoms with Gasteiger partial charge < -0.3 is 25.2 Å². The van der Waals surface area contributed by atoms with Crippen molar-refractivity contribution < 1.29 is 44.3 Å². The van der Waals surface area contributed by atoms with Crippen LogP contribution >= 0.6 is 11.8 Å². The van der Waals surface area contributed by atoms with Crippen LogP contribution in [-0.2, 0) is 23.9 Å². The van der Waals surface area contributed by atoms with Crippen LogP contribution in [0.3, 0.4) is 0 Å². The number of Topliss-reactive ketones (excluding diaryl/α,β-unsaturated/α-hetero) is 3. The zero-order valence-electron chi connectivity index (χ0n) is 24.1. The van der Waals surface area contributed by atoms with Crippen molar-refractivity contribution >= 4 is 40.8 Å². The van der Waals surface area contributed by atoms with Crippen molar-refractivity contribution in [2.75, 3.05) is 19.8 Å². The van der Waals surface area contributed by atoms with Gasteiger partial charge in [0.15, 0.2) is 17.2 Å². The van der Waals surface area contributed by atoms with Crippen molar-refractivity contribution in [3.05, 3.63) is 46.2 Å². The summed E-state index contributed by atoms with van der Waals surface area (Å²) in [6.07, 6.45) is 2.87. The fourth-order valence-corrected chi connectivity index (χ4v) is 8.87. The molecule has 4 N–H and O–H groups in total. The topological polar surface area (TPSA) is 162 Å². The molecule has 0 radical (unpaired) electrons. The normalized spacial score (nSPS) is 31.2. The van der Waals surface area contributed by atoms with Crippen molar-refractivity contribution in [1.29, 1.82) is 0 Å². The predicted octanol–water partition coefficient (Wildman–Crippen LogP) is 3.22. The molecule has 0 spiro atoms. The van der Waals surface area contributed by atoms with Crippen LogP contribution < -0.4 is 0 Å². The number of ether oxygens (including phenoxy) is 1. The summed E-state index contributed by atoms with van der Waals surface area (Å²) in [4.78, 5) is 55.2. The minimum atomic E-state index is -2.87. The van der Waals surface area contributed by atoms with Crippen LogP contribution in [0.25, 0.3) is 5.76 Å². The van der Waals surface area contributed by atoms with E-state index in [9.17, 15) is 39.6 Å². The number of phenols is 1. The molecule has 0 saturated heterocycles. The lowest BCUT2D eigenvalue weighted by Gasteiger charge is -2.55. The van der Waals surface area contributed by atoms with E-state index >= 15 is 0 Å². The monoisotopic (exact) mass is 599 g/mol. The van der Waals surface area contributed by atoms with Gasteiger partial charge in [0, 0.05) is 34.8 Å². The molecule has 0 heterocycles. The first-order valence-electron chi connectivity index (χ1n) is 14.3. The Bertz CT molecular complexity index is 1410. The molecule has 2 fully saturated rings. The second-order valence-electron chi connectivity index (χ2n) is 11.9. The number of aliphatic hydroxyl groups excluding tert-OH is 2. The molecule has 226 valence electrons. The molecular weight excluding hydrogens is 562 g/mol. The number of fused-ring (bicyclic) bond motifs is 3. The molecule has 0 bridgehead atoms. The maximum atomic E-state index is 14.5. The fourth-order valence-electron chi connectivity index (χ4n) is 7.34. The number of thioether (sulfide) groups is 1. The van der Waals surface area contributed by atoms with Gasteiger partial charge in [0.25, 0.3) is 0 Å². The second-order valence-corrected chi connectivity index (χ2v) is 13.2. The van der Waals surface area contributed by atoms with Gasteiger partial charge in [-0.3, -0.25) is 24.1 Å². The van der Waals surface area contributed by atoms with Crippen LogP contribution in [0.15, 0.2) is 35.1 Å². The highest BCUT2D eigenvalue weighted by Gasteiger charge is 2.69. The molecule has 4 aliphatic rings. The number of carbonyl (C=O) groups is 4. The Kier molecular flexibility index (Phi) is 8.06. The van der Waals surface area contributed by atoms with Crippen LogP contribution in [-0.4, -0.2) is 91.5 Å². The molecule has 2 unspecified atom stereocenters. The molecule has 0 aromatic heterocycles. The number of likely N-dealkylation sites (N-methyl/N-ethyl adjacent to an activating group) is 1. The lowest BCUT2D eigenvalue weighted by Crippen LogP contribution is -2.71. The minimum absolute atomic E-state index is 0.0306. The summed E-state index contributed by atoms with van der Waals surface area (Å²) in [5.74, 6) is -8.02. The van der Waals surface area contributed by atoms with Crippen LogP contribution in [0.5, 0.6) is 5.75 Å². The van der Waals surface area contributed by atoms with Gasteiger partial charge >= 0.3 is 5.97 Å². The average molecular weight is 600 g/mol. The minimum Gasteiger partial charge on any atom is -0.508 e. The van der Waals surface area contributed by atoms with Crippen LogP contribution in [0.1, 0.15) is 63.0 Å². The number of phenolic OH excluding ortho intramolecular Hbond substituents is 1. The Morgan fingerprint density at radius 3 is 2.38 bits per heavy atom. The molecule has 4 aliphatic carbocycles. The highest BCUT2D eigenvalue weighted by Crippen LogP contribution is 2.58. The molecule has 11 heteroatoms. The standard InChI is InChI=1S/C31H37NO9S/c1-5-19(35)41-28-22-17(13-42-15-9-6-7-10-15)16-11-8-12-18(34)21(16)26(36)23(22)30(39)31(40)24(28)25(32(3)4)27(37)20(14(2)33)29(31)38/h8,11-12,15,17,22,24-25,28,34,36,38,40H,5-7,9-10,13H2,1-4H3/t17-,22?,24?,25-,28-,31+/m0/s1. The van der Waals surface area contributed by atoms with E-state index in [1.165, 1.54) is 25.1 Å². The number of carbonyl (C=O) groups excluding carboxylic acids is 4. The quantitative estimate of drug-likeness (QED) is 0.269. The molecule has 10 nitrogen and oxygen atoms in total. The average Bonchev–Trinajstić information content (AvgIpc) is 3.45. The number of ketones is 3. The van der Waals surface area contributed by atoms with Gasteiger partial charge in [-0.1, -0.05) is 31.9 Å². The summed E-state index contributed by atoms with van der Waals surface area (Å²) in [5, 5.41) is 46.4. The first kappa shape index (κ1) is 30.3. The molecule has 42 heavy (non-hydrogen) atoms. The first-order valence-corrected chi connectivity index (χ1v) is 15.4. The highest BCUT2D eigenvalue weighted by atomic mass is 32.2. The Morgan fingerprint density at radius 1 is 1.12 bits per heavy atom. The smallest absolute Gasteiger partial charge is 0.305 e. The molecular formula is C31H37NO9S. The Labute approximate surface area is 248 Å². The summed E-state index contributed by atoms with van der Waals surface area (Å²) in [6, 6.07) is 3.44.